The number of alkyl carbamates (subject to hydrolysis) is 1. The molecule has 1 N–H and O–H groups in total. The van der Waals surface area contributed by atoms with Crippen LogP contribution in [0, 0.1) is 0 Å². The fraction of sp³-hybridized carbons (Fsp3) is 0.556. The van der Waals surface area contributed by atoms with E-state index >= 15 is 0 Å². The average molecular weight is 503 g/mol. The zero-order valence-corrected chi connectivity index (χ0v) is 20.2. The molecule has 0 bridgehead atoms. The lowest BCUT2D eigenvalue weighted by atomic mass is 10.0. The van der Waals surface area contributed by atoms with Crippen LogP contribution in [0.2, 0.25) is 0 Å². The second-order valence-corrected chi connectivity index (χ2v) is 10.9. The molecule has 3 heterocycles. The molecule has 174 valence electrons. The van der Waals surface area contributed by atoms with Gasteiger partial charge in [-0.05, 0) is 37.9 Å². The van der Waals surface area contributed by atoms with E-state index in [0.29, 0.717) is 17.1 Å². The summed E-state index contributed by atoms with van der Waals surface area (Å²) in [6.07, 6.45) is 0.904. The van der Waals surface area contributed by atoms with Crippen molar-refractivity contribution in [1.29, 1.82) is 0 Å². The summed E-state index contributed by atoms with van der Waals surface area (Å²) < 4.78 is 19.6. The summed E-state index contributed by atoms with van der Waals surface area (Å²) in [5.74, 6) is -0.972. The predicted molar refractivity (Wildman–Crippen MR) is 117 cm³/mol. The Labute approximate surface area is 196 Å². The van der Waals surface area contributed by atoms with Crippen LogP contribution in [0.3, 0.4) is 0 Å². The van der Waals surface area contributed by atoms with Crippen LogP contribution in [0.4, 0.5) is 4.79 Å². The second-order valence-electron chi connectivity index (χ2n) is 7.70. The van der Waals surface area contributed by atoms with Crippen molar-refractivity contribution in [3.05, 3.63) is 17.5 Å². The molecule has 3 rings (SSSR count). The summed E-state index contributed by atoms with van der Waals surface area (Å²) in [6, 6.07) is -0.828. The number of amides is 2. The van der Waals surface area contributed by atoms with E-state index in [2.05, 4.69) is 19.6 Å². The number of nitrogens with one attached hydrogen (secondary N) is 1. The molecule has 1 aromatic heterocycles. The van der Waals surface area contributed by atoms with Gasteiger partial charge in [0.1, 0.15) is 26.9 Å². The molecule has 2 amide bonds. The quantitative estimate of drug-likeness (QED) is 0.253. The lowest BCUT2D eigenvalue weighted by Crippen LogP contribution is -2.70. The highest BCUT2D eigenvalue weighted by Gasteiger charge is 2.54. The first-order chi connectivity index (χ1) is 15.1. The van der Waals surface area contributed by atoms with Gasteiger partial charge in [0.05, 0.1) is 6.20 Å². The first-order valence-corrected chi connectivity index (χ1v) is 12.2. The summed E-state index contributed by atoms with van der Waals surface area (Å²) in [5, 5.41) is 5.87. The van der Waals surface area contributed by atoms with Gasteiger partial charge < -0.3 is 19.5 Å². The predicted octanol–water partition coefficient (Wildman–Crippen LogP) is 1.76. The molecular formula is C18H22N4O7S3. The molecule has 1 unspecified atom stereocenters. The van der Waals surface area contributed by atoms with Crippen LogP contribution < -0.4 is 5.32 Å². The van der Waals surface area contributed by atoms with E-state index in [-0.39, 0.29) is 5.70 Å². The Morgan fingerprint density at radius 3 is 2.69 bits per heavy atom. The van der Waals surface area contributed by atoms with Gasteiger partial charge in [-0.1, -0.05) is 4.49 Å². The minimum atomic E-state index is -0.828. The molecule has 2 aliphatic heterocycles. The standard InChI is InChI=1S/C18H22N4O7S3/c1-9(23)27-8-28-16(25)13-10(6-30-11-5-19-21-32-11)7-31-15-12(14(24)22(13)15)20-17(26)29-18(2,3)4/h5,12,15H,6-8H2,1-4H3,(H,20,26)/t12?,15-/m1/s1. The van der Waals surface area contributed by atoms with Crippen molar-refractivity contribution in [2.45, 2.75) is 48.9 Å². The summed E-state index contributed by atoms with van der Waals surface area (Å²) in [7, 11) is 0. The molecule has 0 saturated carbocycles. The fourth-order valence-corrected chi connectivity index (χ4v) is 5.74. The number of nitrogens with zero attached hydrogens (tertiary/aromatic N) is 3. The number of carbonyl (C=O) groups excluding carboxylic acids is 4. The van der Waals surface area contributed by atoms with Crippen LogP contribution >= 0.6 is 35.1 Å². The molecule has 1 saturated heterocycles. The fourth-order valence-electron chi connectivity index (χ4n) is 2.83. The smallest absolute Gasteiger partial charge is 0.408 e. The maximum Gasteiger partial charge on any atom is 0.408 e. The van der Waals surface area contributed by atoms with Crippen molar-refractivity contribution < 1.29 is 33.4 Å². The molecule has 0 aromatic carbocycles. The molecule has 1 fully saturated rings. The topological polar surface area (TPSA) is 137 Å². The SMILES string of the molecule is CC(=O)OCOC(=O)C1=C(CSc2cnns2)CS[C@@H]2C(NC(=O)OC(C)(C)C)C(=O)N12. The van der Waals surface area contributed by atoms with E-state index in [0.717, 1.165) is 4.21 Å². The molecule has 0 radical (unpaired) electrons. The number of thioether (sulfide) groups is 2. The third kappa shape index (κ3) is 5.92. The minimum Gasteiger partial charge on any atom is -0.444 e. The Kier molecular flexibility index (Phi) is 7.67. The van der Waals surface area contributed by atoms with Crippen LogP contribution in [0.15, 0.2) is 21.7 Å². The van der Waals surface area contributed by atoms with Crippen LogP contribution in [0.25, 0.3) is 0 Å². The molecule has 32 heavy (non-hydrogen) atoms. The number of hydrogen-bond acceptors (Lipinski definition) is 12. The zero-order chi connectivity index (χ0) is 23.5. The maximum absolute atomic E-state index is 12.9. The summed E-state index contributed by atoms with van der Waals surface area (Å²) in [5.41, 5.74) is 0.0669. The first kappa shape index (κ1) is 24.3. The van der Waals surface area contributed by atoms with E-state index in [1.807, 2.05) is 0 Å². The largest absolute Gasteiger partial charge is 0.444 e. The van der Waals surface area contributed by atoms with Crippen LogP contribution in [0.5, 0.6) is 0 Å². The summed E-state index contributed by atoms with van der Waals surface area (Å²) in [6.45, 7) is 5.80. The Morgan fingerprint density at radius 2 is 2.06 bits per heavy atom. The summed E-state index contributed by atoms with van der Waals surface area (Å²) >= 11 is 4.08. The van der Waals surface area contributed by atoms with Crippen molar-refractivity contribution in [3.63, 3.8) is 0 Å². The van der Waals surface area contributed by atoms with Gasteiger partial charge in [-0.25, -0.2) is 9.59 Å². The summed E-state index contributed by atoms with van der Waals surface area (Å²) in [4.78, 5) is 50.0. The van der Waals surface area contributed by atoms with Gasteiger partial charge in [0.25, 0.3) is 5.91 Å². The maximum atomic E-state index is 12.9. The Balaban J connectivity index is 1.75. The van der Waals surface area contributed by atoms with Gasteiger partial charge in [0.2, 0.25) is 6.79 Å². The van der Waals surface area contributed by atoms with E-state index < -0.39 is 47.7 Å². The third-order valence-electron chi connectivity index (χ3n) is 4.09. The highest BCUT2D eigenvalue weighted by molar-refractivity contribution is 8.01. The van der Waals surface area contributed by atoms with E-state index in [1.165, 1.54) is 46.9 Å². The second kappa shape index (κ2) is 10.1. The normalized spacial score (nSPS) is 20.2. The van der Waals surface area contributed by atoms with Crippen LogP contribution in [0.1, 0.15) is 27.7 Å². The van der Waals surface area contributed by atoms with Crippen molar-refractivity contribution in [2.75, 3.05) is 18.3 Å². The minimum absolute atomic E-state index is 0.0955. The van der Waals surface area contributed by atoms with Crippen LogP contribution in [-0.4, -0.2) is 73.7 Å². The molecule has 11 nitrogen and oxygen atoms in total. The van der Waals surface area contributed by atoms with Gasteiger partial charge in [-0.3, -0.25) is 14.5 Å². The molecule has 14 heteroatoms. The lowest BCUT2D eigenvalue weighted by Gasteiger charge is -2.49. The van der Waals surface area contributed by atoms with Crippen molar-refractivity contribution in [3.8, 4) is 0 Å². The number of esters is 2. The van der Waals surface area contributed by atoms with Crippen molar-refractivity contribution >= 4 is 59.0 Å². The number of hydrogen-bond donors (Lipinski definition) is 1. The number of ether oxygens (including phenoxy) is 3. The lowest BCUT2D eigenvalue weighted by molar-refractivity contribution is -0.166. The van der Waals surface area contributed by atoms with Crippen LogP contribution in [-0.2, 0) is 28.6 Å². The zero-order valence-electron chi connectivity index (χ0n) is 17.8. The number of β-lactam (4-membered cyclic amide) rings is 1. The highest BCUT2D eigenvalue weighted by atomic mass is 32.2. The number of aromatic nitrogens is 2. The molecule has 0 spiro atoms. The number of rotatable bonds is 7. The van der Waals surface area contributed by atoms with Gasteiger partial charge in [0, 0.05) is 18.4 Å². The number of fused-ring (bicyclic) bond motifs is 1. The molecule has 0 aliphatic carbocycles. The van der Waals surface area contributed by atoms with Gasteiger partial charge >= 0.3 is 18.0 Å². The molecule has 2 atom stereocenters. The van der Waals surface area contributed by atoms with Crippen molar-refractivity contribution in [2.24, 2.45) is 0 Å². The molecular weight excluding hydrogens is 480 g/mol. The van der Waals surface area contributed by atoms with E-state index in [4.69, 9.17) is 9.47 Å². The molecule has 1 aromatic rings. The first-order valence-electron chi connectivity index (χ1n) is 9.43. The Hall–Kier alpha value is -2.32. The molecule has 2 aliphatic rings. The van der Waals surface area contributed by atoms with Gasteiger partial charge in [-0.15, -0.1) is 28.6 Å². The highest BCUT2D eigenvalue weighted by Crippen LogP contribution is 2.42. The van der Waals surface area contributed by atoms with E-state index in [9.17, 15) is 19.2 Å². The van der Waals surface area contributed by atoms with Gasteiger partial charge in [0.15, 0.2) is 0 Å². The average Bonchev–Trinajstić information content (AvgIpc) is 3.21. The van der Waals surface area contributed by atoms with Gasteiger partial charge in [-0.2, -0.15) is 0 Å². The third-order valence-corrected chi connectivity index (χ3v) is 7.36. The van der Waals surface area contributed by atoms with E-state index in [1.54, 1.807) is 27.0 Å². The monoisotopic (exact) mass is 502 g/mol. The Morgan fingerprint density at radius 1 is 1.31 bits per heavy atom. The number of carbonyl (C=O) groups is 4. The Bertz CT molecular complexity index is 930. The van der Waals surface area contributed by atoms with Crippen molar-refractivity contribution in [1.82, 2.24) is 19.8 Å².